The molecule has 1 heterocycles. The Bertz CT molecular complexity index is 1360. The van der Waals surface area contributed by atoms with Crippen molar-refractivity contribution in [1.82, 2.24) is 0 Å². The number of rotatable bonds is 14. The van der Waals surface area contributed by atoms with Crippen LogP contribution in [0.5, 0.6) is 0 Å². The minimum absolute atomic E-state index is 0.113. The van der Waals surface area contributed by atoms with E-state index in [9.17, 15) is 30.0 Å². The molecule has 0 aliphatic carbocycles. The van der Waals surface area contributed by atoms with Gasteiger partial charge in [0, 0.05) is 36.7 Å². The summed E-state index contributed by atoms with van der Waals surface area (Å²) in [5.41, 5.74) is 1.81. The van der Waals surface area contributed by atoms with Crippen molar-refractivity contribution in [3.8, 4) is 0 Å². The van der Waals surface area contributed by atoms with Gasteiger partial charge in [0.2, 0.25) is 12.4 Å². The van der Waals surface area contributed by atoms with Crippen LogP contribution in [0.25, 0.3) is 0 Å². The zero-order valence-electron chi connectivity index (χ0n) is 33.4. The predicted molar refractivity (Wildman–Crippen MR) is 206 cm³/mol. The summed E-state index contributed by atoms with van der Waals surface area (Å²) < 4.78 is 17.4. The van der Waals surface area contributed by atoms with Crippen LogP contribution in [0.15, 0.2) is 76.7 Å². The maximum atomic E-state index is 13.7. The molecule has 0 amide bonds. The molecule has 0 aromatic rings. The second-order valence-corrected chi connectivity index (χ2v) is 14.2. The molecule has 0 aromatic heterocycles. The van der Waals surface area contributed by atoms with Gasteiger partial charge in [-0.15, -0.1) is 0 Å². The van der Waals surface area contributed by atoms with Gasteiger partial charge in [-0.1, -0.05) is 100 Å². The fourth-order valence-electron chi connectivity index (χ4n) is 6.46. The van der Waals surface area contributed by atoms with Crippen molar-refractivity contribution < 1.29 is 54.2 Å². The molecule has 12 atom stereocenters. The minimum Gasteiger partial charge on any atom is -0.490 e. The summed E-state index contributed by atoms with van der Waals surface area (Å²) >= 11 is 0. The summed E-state index contributed by atoms with van der Waals surface area (Å²) in [7, 11) is 2.80. The first-order valence-corrected chi connectivity index (χ1v) is 18.4. The molecule has 0 radical (unpaired) electrons. The summed E-state index contributed by atoms with van der Waals surface area (Å²) in [6.07, 6.45) is 11.0. The summed E-state index contributed by atoms with van der Waals surface area (Å²) in [5, 5.41) is 57.9. The largest absolute Gasteiger partial charge is 0.490 e. The Kier molecular flexibility index (Phi) is 21.5. The van der Waals surface area contributed by atoms with Gasteiger partial charge in [0.15, 0.2) is 0 Å². The Morgan fingerprint density at radius 2 is 1.75 bits per heavy atom. The van der Waals surface area contributed by atoms with Crippen LogP contribution in [-0.2, 0) is 28.6 Å². The van der Waals surface area contributed by atoms with Crippen LogP contribution in [0.3, 0.4) is 0 Å². The van der Waals surface area contributed by atoms with Gasteiger partial charge in [-0.2, -0.15) is 0 Å². The molecule has 1 aliphatic rings. The number of carboxylic acid groups (broad SMARTS) is 1. The monoisotopic (exact) mass is 747 g/mol. The van der Waals surface area contributed by atoms with Crippen LogP contribution < -0.4 is 0 Å². The van der Waals surface area contributed by atoms with Crippen LogP contribution in [0.2, 0.25) is 0 Å². The third kappa shape index (κ3) is 15.4. The fourth-order valence-corrected chi connectivity index (χ4v) is 6.46. The van der Waals surface area contributed by atoms with Crippen molar-refractivity contribution in [2.24, 2.45) is 40.7 Å². The Labute approximate surface area is 316 Å². The van der Waals surface area contributed by atoms with E-state index in [4.69, 9.17) is 24.2 Å². The average Bonchev–Trinajstić information content (AvgIpc) is 3.11. The first-order valence-electron chi connectivity index (χ1n) is 18.4. The quantitative estimate of drug-likeness (QED) is 0.0651. The Morgan fingerprint density at radius 3 is 2.32 bits per heavy atom. The summed E-state index contributed by atoms with van der Waals surface area (Å²) in [6.45, 7) is 15.7. The normalized spacial score (nSPS) is 32.4. The third-order valence-electron chi connectivity index (χ3n) is 9.83. The molecule has 0 spiro atoms. The van der Waals surface area contributed by atoms with Gasteiger partial charge in [-0.25, -0.2) is 9.59 Å². The number of carbonyl (C=O) groups is 2. The highest BCUT2D eigenvalue weighted by Gasteiger charge is 2.38. The SMILES string of the molecule is C/C=C/C(O)C(C)/C=C/C(=N\OCC(=O)O)C(C)C(O)C(C)C1OC(=O)/C(OC)=C/C(C)=C/C(C)C(O)C(CC)C(O)C(C)C/C(C)=C/C=C/C1OC. The molecular weight excluding hydrogens is 682 g/mol. The molecule has 0 saturated heterocycles. The zero-order chi connectivity index (χ0) is 40.4. The minimum atomic E-state index is -1.23. The van der Waals surface area contributed by atoms with E-state index in [1.54, 1.807) is 71.1 Å². The molecular formula is C41H65NO11. The molecule has 1 aliphatic heterocycles. The molecule has 0 bridgehead atoms. The van der Waals surface area contributed by atoms with Gasteiger partial charge in [-0.3, -0.25) is 0 Å². The van der Waals surface area contributed by atoms with E-state index in [0.29, 0.717) is 18.4 Å². The van der Waals surface area contributed by atoms with E-state index < -0.39 is 67.0 Å². The number of carboxylic acids is 1. The lowest BCUT2D eigenvalue weighted by atomic mass is 9.79. The van der Waals surface area contributed by atoms with Crippen molar-refractivity contribution >= 4 is 17.7 Å². The maximum Gasteiger partial charge on any atom is 0.373 e. The fraction of sp³-hybridized carbons (Fsp3) is 0.634. The van der Waals surface area contributed by atoms with Gasteiger partial charge in [0.05, 0.1) is 37.2 Å². The third-order valence-corrected chi connectivity index (χ3v) is 9.83. The number of esters is 1. The topological polar surface area (TPSA) is 185 Å². The van der Waals surface area contributed by atoms with Crippen LogP contribution >= 0.6 is 0 Å². The van der Waals surface area contributed by atoms with Crippen LogP contribution in [-0.4, -0.2) is 101 Å². The first kappa shape index (κ1) is 47.5. The number of allylic oxidation sites excluding steroid dienone is 7. The van der Waals surface area contributed by atoms with E-state index >= 15 is 0 Å². The van der Waals surface area contributed by atoms with E-state index in [-0.39, 0.29) is 35.1 Å². The van der Waals surface area contributed by atoms with Crippen molar-refractivity contribution in [2.75, 3.05) is 20.8 Å². The number of aliphatic hydroxyl groups excluding tert-OH is 4. The molecule has 0 fully saturated rings. The number of hydrogen-bond donors (Lipinski definition) is 5. The van der Waals surface area contributed by atoms with Gasteiger partial charge >= 0.3 is 11.9 Å². The highest BCUT2D eigenvalue weighted by atomic mass is 16.6. The van der Waals surface area contributed by atoms with Crippen molar-refractivity contribution in [2.45, 2.75) is 112 Å². The van der Waals surface area contributed by atoms with Gasteiger partial charge in [-0.05, 0) is 51.7 Å². The van der Waals surface area contributed by atoms with Gasteiger partial charge < -0.3 is 44.6 Å². The van der Waals surface area contributed by atoms with E-state index in [1.807, 2.05) is 39.8 Å². The number of nitrogens with zero attached hydrogens (tertiary/aromatic N) is 1. The highest BCUT2D eigenvalue weighted by molar-refractivity contribution is 5.96. The lowest BCUT2D eigenvalue weighted by Gasteiger charge is -2.34. The lowest BCUT2D eigenvalue weighted by molar-refractivity contribution is -0.161. The number of carbonyl (C=O) groups excluding carboxylic acids is 1. The molecule has 12 unspecified atom stereocenters. The Balaban J connectivity index is 3.75. The molecule has 12 heteroatoms. The molecule has 12 nitrogen and oxygen atoms in total. The second-order valence-electron chi connectivity index (χ2n) is 14.2. The van der Waals surface area contributed by atoms with E-state index in [2.05, 4.69) is 5.16 Å². The van der Waals surface area contributed by atoms with Gasteiger partial charge in [0.1, 0.15) is 12.2 Å². The van der Waals surface area contributed by atoms with Crippen molar-refractivity contribution in [1.29, 1.82) is 0 Å². The molecule has 0 aromatic carbocycles. The molecule has 5 N–H and O–H groups in total. The number of aliphatic hydroxyl groups is 4. The van der Waals surface area contributed by atoms with Crippen LogP contribution in [0, 0.1) is 35.5 Å². The Morgan fingerprint density at radius 1 is 1.09 bits per heavy atom. The lowest BCUT2D eigenvalue weighted by Crippen LogP contribution is -2.45. The number of ether oxygens (including phenoxy) is 3. The first-order chi connectivity index (χ1) is 24.9. The molecule has 0 saturated carbocycles. The maximum absolute atomic E-state index is 13.7. The highest BCUT2D eigenvalue weighted by Crippen LogP contribution is 2.30. The average molecular weight is 748 g/mol. The van der Waals surface area contributed by atoms with Crippen LogP contribution in [0.4, 0.5) is 0 Å². The molecule has 300 valence electrons. The smallest absolute Gasteiger partial charge is 0.373 e. The number of hydrogen-bond acceptors (Lipinski definition) is 11. The number of methoxy groups -OCH3 is 2. The Hall–Kier alpha value is -3.55. The summed E-state index contributed by atoms with van der Waals surface area (Å²) in [4.78, 5) is 29.9. The summed E-state index contributed by atoms with van der Waals surface area (Å²) in [5.74, 6) is -4.93. The van der Waals surface area contributed by atoms with Crippen molar-refractivity contribution in [3.05, 3.63) is 71.6 Å². The standard InChI is InChI=1S/C41H65NO11/c1-12-15-33(43)26(5)18-19-32(42-52-23-36(44)45)29(8)39(48)30(9)40-34(50-10)17-14-16-24(3)20-27(6)37(46)31(13-2)38(47)28(7)21-25(4)22-35(51-11)41(49)53-40/h12,14-19,21-22,26-31,33-34,37-40,43,46-48H,13,20,23H2,1-11H3,(H,44,45)/b15-12+,17-14+,19-18+,24-16+,25-21+,35-22-,42-32+. The molecule has 53 heavy (non-hydrogen) atoms. The zero-order valence-corrected chi connectivity index (χ0v) is 33.4. The van der Waals surface area contributed by atoms with E-state index in [0.717, 1.165) is 5.57 Å². The molecule has 1 rings (SSSR count). The number of cyclic esters (lactones) is 1. The summed E-state index contributed by atoms with van der Waals surface area (Å²) in [6, 6.07) is 0. The van der Waals surface area contributed by atoms with Crippen LogP contribution in [0.1, 0.15) is 75.2 Å². The number of aliphatic carboxylic acids is 1. The van der Waals surface area contributed by atoms with E-state index in [1.165, 1.54) is 20.3 Å². The predicted octanol–water partition coefficient (Wildman–Crippen LogP) is 5.54. The van der Waals surface area contributed by atoms with Gasteiger partial charge in [0.25, 0.3) is 0 Å². The number of oxime groups is 1. The second kappa shape index (κ2) is 24.0. The van der Waals surface area contributed by atoms with Crippen molar-refractivity contribution in [3.63, 3.8) is 0 Å².